The third-order valence-electron chi connectivity index (χ3n) is 3.30. The first kappa shape index (κ1) is 15.9. The summed E-state index contributed by atoms with van der Waals surface area (Å²) in [6.07, 6.45) is 0.398. The van der Waals surface area contributed by atoms with E-state index in [-0.39, 0.29) is 11.8 Å². The topological polar surface area (TPSA) is 58.6 Å². The number of nitrogens with zero attached hydrogens (tertiary/aromatic N) is 1. The normalized spacial score (nSPS) is 14.8. The number of hydrogen-bond donors (Lipinski definition) is 2. The quantitative estimate of drug-likeness (QED) is 0.801. The fourth-order valence-electron chi connectivity index (χ4n) is 2.15. The first-order valence-corrected chi connectivity index (χ1v) is 7.67. The zero-order valence-electron chi connectivity index (χ0n) is 11.9. The van der Waals surface area contributed by atoms with Crippen LogP contribution in [0, 0.1) is 0 Å². The van der Waals surface area contributed by atoms with Crippen molar-refractivity contribution in [1.29, 1.82) is 0 Å². The van der Waals surface area contributed by atoms with Gasteiger partial charge in [0.15, 0.2) is 0 Å². The minimum atomic E-state index is -0.0325. The minimum Gasteiger partial charge on any atom is -0.378 e. The molecule has 2 rings (SSSR count). The average molecular weight is 308 g/mol. The van der Waals surface area contributed by atoms with Gasteiger partial charge in [-0.15, -0.1) is 0 Å². The third kappa shape index (κ3) is 4.75. The summed E-state index contributed by atoms with van der Waals surface area (Å²) >= 11 is 4.02. The summed E-state index contributed by atoms with van der Waals surface area (Å²) in [5.74, 6) is 0.512. The third-order valence-corrected chi connectivity index (χ3v) is 3.52. The number of ether oxygens (including phenoxy) is 1. The van der Waals surface area contributed by atoms with Gasteiger partial charge < -0.3 is 15.0 Å². The molecule has 0 aliphatic carbocycles. The monoisotopic (exact) mass is 308 g/mol. The zero-order chi connectivity index (χ0) is 15.1. The second-order valence-corrected chi connectivity index (χ2v) is 5.30. The van der Waals surface area contributed by atoms with E-state index in [1.54, 1.807) is 11.0 Å². The van der Waals surface area contributed by atoms with E-state index in [1.807, 2.05) is 18.2 Å². The maximum absolute atomic E-state index is 12.4. The first-order valence-electron chi connectivity index (χ1n) is 7.04. The zero-order valence-corrected chi connectivity index (χ0v) is 12.8. The lowest BCUT2D eigenvalue weighted by molar-refractivity contribution is -0.120. The van der Waals surface area contributed by atoms with Gasteiger partial charge in [-0.2, -0.15) is 12.6 Å². The van der Waals surface area contributed by atoms with Crippen molar-refractivity contribution in [3.05, 3.63) is 35.4 Å². The Hall–Kier alpha value is -1.53. The summed E-state index contributed by atoms with van der Waals surface area (Å²) in [7, 11) is 0. The van der Waals surface area contributed by atoms with Crippen LogP contribution < -0.4 is 5.32 Å². The van der Waals surface area contributed by atoms with Gasteiger partial charge in [0, 0.05) is 31.6 Å². The van der Waals surface area contributed by atoms with E-state index in [0.717, 1.165) is 5.56 Å². The molecule has 0 saturated carbocycles. The van der Waals surface area contributed by atoms with Crippen molar-refractivity contribution in [2.24, 2.45) is 0 Å². The highest BCUT2D eigenvalue weighted by molar-refractivity contribution is 7.80. The lowest BCUT2D eigenvalue weighted by Crippen LogP contribution is -2.40. The van der Waals surface area contributed by atoms with Crippen molar-refractivity contribution in [1.82, 2.24) is 10.2 Å². The maximum atomic E-state index is 12.4. The molecule has 114 valence electrons. The van der Waals surface area contributed by atoms with Crippen molar-refractivity contribution in [3.8, 4) is 0 Å². The van der Waals surface area contributed by atoms with Crippen LogP contribution in [0.4, 0.5) is 0 Å². The minimum absolute atomic E-state index is 0.0156. The largest absolute Gasteiger partial charge is 0.378 e. The Morgan fingerprint density at radius 2 is 2.05 bits per heavy atom. The van der Waals surface area contributed by atoms with Gasteiger partial charge in [-0.3, -0.25) is 9.59 Å². The summed E-state index contributed by atoms with van der Waals surface area (Å²) < 4.78 is 5.25. The number of rotatable bonds is 5. The molecule has 0 aromatic heterocycles. The lowest BCUT2D eigenvalue weighted by Gasteiger charge is -2.27. The molecule has 1 N–H and O–H groups in total. The molecule has 1 heterocycles. The molecule has 5 nitrogen and oxygen atoms in total. The number of benzene rings is 1. The average Bonchev–Trinajstić information content (AvgIpc) is 2.54. The van der Waals surface area contributed by atoms with Gasteiger partial charge in [0.2, 0.25) is 5.91 Å². The van der Waals surface area contributed by atoms with Crippen LogP contribution in [0.5, 0.6) is 0 Å². The van der Waals surface area contributed by atoms with Gasteiger partial charge in [0.25, 0.3) is 5.91 Å². The number of carbonyl (C=O) groups excluding carboxylic acids is 2. The number of carbonyl (C=O) groups is 2. The molecule has 0 unspecified atom stereocenters. The predicted molar refractivity (Wildman–Crippen MR) is 83.5 cm³/mol. The fourth-order valence-corrected chi connectivity index (χ4v) is 2.36. The van der Waals surface area contributed by atoms with E-state index >= 15 is 0 Å². The molecule has 0 bridgehead atoms. The van der Waals surface area contributed by atoms with Crippen LogP contribution in [0.25, 0.3) is 0 Å². The Balaban J connectivity index is 1.96. The van der Waals surface area contributed by atoms with E-state index < -0.39 is 0 Å². The molecular weight excluding hydrogens is 288 g/mol. The Labute approximate surface area is 130 Å². The molecule has 1 aliphatic heterocycles. The molecule has 1 aromatic carbocycles. The van der Waals surface area contributed by atoms with Crippen LogP contribution in [0.15, 0.2) is 24.3 Å². The second kappa shape index (κ2) is 8.05. The van der Waals surface area contributed by atoms with Crippen molar-refractivity contribution in [2.45, 2.75) is 13.0 Å². The maximum Gasteiger partial charge on any atom is 0.254 e. The highest BCUT2D eigenvalue weighted by atomic mass is 32.1. The second-order valence-electron chi connectivity index (χ2n) is 4.86. The summed E-state index contributed by atoms with van der Waals surface area (Å²) in [6, 6.07) is 7.38. The number of amides is 2. The number of hydrogen-bond acceptors (Lipinski definition) is 4. The summed E-state index contributed by atoms with van der Waals surface area (Å²) in [4.78, 5) is 25.6. The molecule has 0 spiro atoms. The summed E-state index contributed by atoms with van der Waals surface area (Å²) in [5, 5.41) is 2.81. The molecule has 0 atom stereocenters. The van der Waals surface area contributed by atoms with Crippen LogP contribution in [0.1, 0.15) is 22.3 Å². The van der Waals surface area contributed by atoms with Gasteiger partial charge in [-0.25, -0.2) is 0 Å². The number of nitrogens with one attached hydrogen (secondary N) is 1. The molecule has 1 aromatic rings. The van der Waals surface area contributed by atoms with E-state index in [4.69, 9.17) is 4.74 Å². The Morgan fingerprint density at radius 3 is 2.76 bits per heavy atom. The van der Waals surface area contributed by atoms with Crippen molar-refractivity contribution in [2.75, 3.05) is 32.1 Å². The SMILES string of the molecule is O=C(CCS)NCc1cccc(C(=O)N2CCOCC2)c1. The van der Waals surface area contributed by atoms with Gasteiger partial charge in [0.05, 0.1) is 13.2 Å². The molecule has 2 amide bonds. The molecule has 1 aliphatic rings. The number of thiol groups is 1. The summed E-state index contributed by atoms with van der Waals surface area (Å²) in [5.41, 5.74) is 1.57. The van der Waals surface area contributed by atoms with Crippen molar-refractivity contribution >= 4 is 24.4 Å². The van der Waals surface area contributed by atoms with Crippen molar-refractivity contribution in [3.63, 3.8) is 0 Å². The summed E-state index contributed by atoms with van der Waals surface area (Å²) in [6.45, 7) is 2.86. The molecule has 21 heavy (non-hydrogen) atoms. The van der Waals surface area contributed by atoms with Crippen LogP contribution in [0.2, 0.25) is 0 Å². The predicted octanol–water partition coefficient (Wildman–Crippen LogP) is 1.10. The molecular formula is C15H20N2O3S. The molecule has 6 heteroatoms. The Morgan fingerprint density at radius 1 is 1.29 bits per heavy atom. The van der Waals surface area contributed by atoms with Crippen LogP contribution in [-0.4, -0.2) is 48.8 Å². The smallest absolute Gasteiger partial charge is 0.254 e. The van der Waals surface area contributed by atoms with E-state index in [9.17, 15) is 9.59 Å². The molecule has 1 fully saturated rings. The fraction of sp³-hybridized carbons (Fsp3) is 0.467. The molecule has 0 radical (unpaired) electrons. The van der Waals surface area contributed by atoms with Crippen LogP contribution in [-0.2, 0) is 16.1 Å². The van der Waals surface area contributed by atoms with Crippen LogP contribution in [0.3, 0.4) is 0 Å². The Bertz CT molecular complexity index is 501. The molecule has 1 saturated heterocycles. The van der Waals surface area contributed by atoms with E-state index in [1.165, 1.54) is 0 Å². The number of morpholine rings is 1. The van der Waals surface area contributed by atoms with Gasteiger partial charge in [-0.05, 0) is 23.4 Å². The van der Waals surface area contributed by atoms with Gasteiger partial charge in [0.1, 0.15) is 0 Å². The van der Waals surface area contributed by atoms with Gasteiger partial charge >= 0.3 is 0 Å². The Kier molecular flexibility index (Phi) is 6.07. The highest BCUT2D eigenvalue weighted by Gasteiger charge is 2.18. The standard InChI is InChI=1S/C15H20N2O3S/c18-14(4-9-21)16-11-12-2-1-3-13(10-12)15(19)17-5-7-20-8-6-17/h1-3,10,21H,4-9,11H2,(H,16,18). The lowest BCUT2D eigenvalue weighted by atomic mass is 10.1. The van der Waals surface area contributed by atoms with E-state index in [2.05, 4.69) is 17.9 Å². The van der Waals surface area contributed by atoms with E-state index in [0.29, 0.717) is 50.6 Å². The van der Waals surface area contributed by atoms with Crippen molar-refractivity contribution < 1.29 is 14.3 Å². The van der Waals surface area contributed by atoms with Gasteiger partial charge in [-0.1, -0.05) is 12.1 Å². The van der Waals surface area contributed by atoms with Crippen LogP contribution >= 0.6 is 12.6 Å². The first-order chi connectivity index (χ1) is 10.2. The highest BCUT2D eigenvalue weighted by Crippen LogP contribution is 2.10.